The summed E-state index contributed by atoms with van der Waals surface area (Å²) in [6.45, 7) is 48.4. The van der Waals surface area contributed by atoms with Crippen molar-refractivity contribution in [3.63, 3.8) is 0 Å². The Bertz CT molecular complexity index is 744. The molecule has 0 nitrogen and oxygen atoms in total. The first kappa shape index (κ1) is 42.1. The van der Waals surface area contributed by atoms with Crippen molar-refractivity contribution in [3.05, 3.63) is 0 Å². The van der Waals surface area contributed by atoms with Crippen molar-refractivity contribution < 1.29 is 0 Å². The highest BCUT2D eigenvalue weighted by Crippen LogP contribution is 2.61. The molecule has 0 radical (unpaired) electrons. The van der Waals surface area contributed by atoms with E-state index in [-0.39, 0.29) is 0 Å². The Morgan fingerprint density at radius 2 is 0.976 bits per heavy atom. The maximum absolute atomic E-state index is 2.67. The highest BCUT2D eigenvalue weighted by atomic mass is 14.5. The molecule has 42 heavy (non-hydrogen) atoms. The number of rotatable bonds is 22. The number of hydrogen-bond donors (Lipinski definition) is 0. The van der Waals surface area contributed by atoms with E-state index in [1.165, 1.54) is 77.9 Å². The topological polar surface area (TPSA) is 0 Å². The van der Waals surface area contributed by atoms with Crippen LogP contribution in [0.1, 0.15) is 202 Å². The van der Waals surface area contributed by atoms with Crippen LogP contribution in [0.3, 0.4) is 0 Å². The summed E-state index contributed by atoms with van der Waals surface area (Å²) in [5.74, 6) is 3.85. The van der Waals surface area contributed by atoms with Crippen molar-refractivity contribution >= 4 is 7.28 Å². The monoisotopic (exact) mass is 589 g/mol. The summed E-state index contributed by atoms with van der Waals surface area (Å²) >= 11 is 0. The lowest BCUT2D eigenvalue weighted by Gasteiger charge is -2.56. The third kappa shape index (κ3) is 10.6. The second-order valence-electron chi connectivity index (χ2n) is 18.8. The predicted octanol–water partition coefficient (Wildman–Crippen LogP) is 14.4. The van der Waals surface area contributed by atoms with Crippen LogP contribution in [0.2, 0.25) is 10.6 Å². The molecule has 0 aromatic heterocycles. The third-order valence-electron chi connectivity index (χ3n) is 13.9. The first-order valence-electron chi connectivity index (χ1n) is 19.1. The van der Waals surface area contributed by atoms with E-state index in [0.29, 0.717) is 38.2 Å². The molecule has 1 heteroatoms. The molecule has 0 amide bonds. The minimum absolute atomic E-state index is 0.294. The van der Waals surface area contributed by atoms with Crippen LogP contribution in [0.5, 0.6) is 0 Å². The SMILES string of the molecule is CCC(C)CC(C)(CC)C(CC)CC(CC)C(C)(C)BC(C)(C)C(CC)C(C)(C)C(CC)C(C)(CC)CC(C)(C)CC. The fourth-order valence-corrected chi connectivity index (χ4v) is 11.3. The molecule has 0 aliphatic carbocycles. The molecular weight excluding hydrogens is 503 g/mol. The summed E-state index contributed by atoms with van der Waals surface area (Å²) in [6.07, 6.45) is 14.5. The first-order chi connectivity index (χ1) is 19.1. The Balaban J connectivity index is 6.37. The van der Waals surface area contributed by atoms with Crippen molar-refractivity contribution in [3.8, 4) is 0 Å². The fourth-order valence-electron chi connectivity index (χ4n) is 11.3. The van der Waals surface area contributed by atoms with Gasteiger partial charge in [-0.05, 0) is 70.5 Å². The molecule has 7 atom stereocenters. The molecule has 0 aliphatic rings. The van der Waals surface area contributed by atoms with Crippen molar-refractivity contribution in [2.24, 2.45) is 51.2 Å². The van der Waals surface area contributed by atoms with Gasteiger partial charge in [-0.3, -0.25) is 0 Å². The van der Waals surface area contributed by atoms with Crippen LogP contribution < -0.4 is 0 Å². The van der Waals surface area contributed by atoms with Gasteiger partial charge in [-0.25, -0.2) is 0 Å². The Labute approximate surface area is 270 Å². The van der Waals surface area contributed by atoms with Gasteiger partial charge in [0.15, 0.2) is 0 Å². The molecule has 0 saturated heterocycles. The van der Waals surface area contributed by atoms with Gasteiger partial charge in [-0.1, -0.05) is 194 Å². The van der Waals surface area contributed by atoms with E-state index in [4.69, 9.17) is 0 Å². The van der Waals surface area contributed by atoms with Gasteiger partial charge in [0.2, 0.25) is 0 Å². The summed E-state index contributed by atoms with van der Waals surface area (Å²) < 4.78 is 0. The lowest BCUT2D eigenvalue weighted by atomic mass is 9.32. The van der Waals surface area contributed by atoms with Gasteiger partial charge in [-0.2, -0.15) is 0 Å². The molecule has 0 aromatic rings. The van der Waals surface area contributed by atoms with E-state index in [2.05, 4.69) is 132 Å². The maximum Gasteiger partial charge on any atom is 0.134 e. The van der Waals surface area contributed by atoms with Crippen molar-refractivity contribution in [2.75, 3.05) is 0 Å². The highest BCUT2D eigenvalue weighted by molar-refractivity contribution is 6.44. The zero-order valence-electron chi connectivity index (χ0n) is 33.4. The van der Waals surface area contributed by atoms with Gasteiger partial charge in [0.05, 0.1) is 0 Å². The smallest absolute Gasteiger partial charge is 0.0665 e. The Kier molecular flexibility index (Phi) is 16.6. The van der Waals surface area contributed by atoms with Crippen molar-refractivity contribution in [1.82, 2.24) is 0 Å². The second kappa shape index (κ2) is 16.6. The molecule has 0 rings (SSSR count). The van der Waals surface area contributed by atoms with E-state index in [0.717, 1.165) is 23.7 Å². The minimum atomic E-state index is 0.294. The molecule has 7 unspecified atom stereocenters. The largest absolute Gasteiger partial charge is 0.134 e. The molecule has 0 spiro atoms. The molecule has 0 heterocycles. The molecule has 252 valence electrons. The van der Waals surface area contributed by atoms with E-state index in [1.54, 1.807) is 0 Å². The van der Waals surface area contributed by atoms with Crippen LogP contribution in [0.25, 0.3) is 0 Å². The molecule has 0 fully saturated rings. The maximum atomic E-state index is 2.67. The fraction of sp³-hybridized carbons (Fsp3) is 1.00. The van der Waals surface area contributed by atoms with E-state index in [9.17, 15) is 0 Å². The minimum Gasteiger partial charge on any atom is -0.0665 e. The average Bonchev–Trinajstić information content (AvgIpc) is 2.87. The lowest BCUT2D eigenvalue weighted by Crippen LogP contribution is -2.48. The van der Waals surface area contributed by atoms with Gasteiger partial charge < -0.3 is 0 Å². The molecule has 0 saturated carbocycles. The molecular formula is C41H85B. The quantitative estimate of drug-likeness (QED) is 0.110. The van der Waals surface area contributed by atoms with Gasteiger partial charge in [0, 0.05) is 0 Å². The summed E-state index contributed by atoms with van der Waals surface area (Å²) in [7, 11) is 1.32. The normalized spacial score (nSPS) is 20.3. The van der Waals surface area contributed by atoms with E-state index >= 15 is 0 Å². The summed E-state index contributed by atoms with van der Waals surface area (Å²) in [5.41, 5.74) is 1.53. The summed E-state index contributed by atoms with van der Waals surface area (Å²) in [6, 6.07) is 0. The first-order valence-corrected chi connectivity index (χ1v) is 19.1. The number of hydrogen-bond acceptors (Lipinski definition) is 0. The lowest BCUT2D eigenvalue weighted by molar-refractivity contribution is -0.0325. The van der Waals surface area contributed by atoms with Gasteiger partial charge in [-0.15, -0.1) is 0 Å². The Morgan fingerprint density at radius 1 is 0.500 bits per heavy atom. The van der Waals surface area contributed by atoms with Crippen LogP contribution >= 0.6 is 0 Å². The van der Waals surface area contributed by atoms with Crippen LogP contribution in [0.15, 0.2) is 0 Å². The average molecular weight is 589 g/mol. The summed E-state index contributed by atoms with van der Waals surface area (Å²) in [5, 5.41) is 0.629. The standard InChI is InChI=1S/C41H85B/c1-20-31(9)29-40(18,26-7)33(22-3)28-32(21-2)38(14,15)42-39(16,17)34(23-4)37(12,13)35(24-5)41(19,27-8)30-36(10,11)25-6/h31-35,42H,20-30H2,1-19H3. The van der Waals surface area contributed by atoms with Crippen LogP contribution in [0, 0.1) is 51.2 Å². The Morgan fingerprint density at radius 3 is 1.33 bits per heavy atom. The van der Waals surface area contributed by atoms with E-state index < -0.39 is 0 Å². The molecule has 0 N–H and O–H groups in total. The van der Waals surface area contributed by atoms with Crippen LogP contribution in [0.4, 0.5) is 0 Å². The van der Waals surface area contributed by atoms with Crippen molar-refractivity contribution in [1.29, 1.82) is 0 Å². The Hall–Kier alpha value is 0.0649. The molecule has 0 aromatic carbocycles. The van der Waals surface area contributed by atoms with Crippen LogP contribution in [-0.4, -0.2) is 7.28 Å². The van der Waals surface area contributed by atoms with Crippen LogP contribution in [-0.2, 0) is 0 Å². The van der Waals surface area contributed by atoms with E-state index in [1.807, 2.05) is 0 Å². The van der Waals surface area contributed by atoms with Crippen molar-refractivity contribution in [2.45, 2.75) is 213 Å². The highest BCUT2D eigenvalue weighted by Gasteiger charge is 2.52. The predicted molar refractivity (Wildman–Crippen MR) is 198 cm³/mol. The summed E-state index contributed by atoms with van der Waals surface area (Å²) in [4.78, 5) is 0. The van der Waals surface area contributed by atoms with Gasteiger partial charge in [0.1, 0.15) is 7.28 Å². The zero-order valence-corrected chi connectivity index (χ0v) is 33.4. The molecule has 0 aliphatic heterocycles. The zero-order chi connectivity index (χ0) is 33.4. The second-order valence-corrected chi connectivity index (χ2v) is 18.8. The molecule has 0 bridgehead atoms. The van der Waals surface area contributed by atoms with Gasteiger partial charge >= 0.3 is 0 Å². The van der Waals surface area contributed by atoms with Gasteiger partial charge in [0.25, 0.3) is 0 Å². The third-order valence-corrected chi connectivity index (χ3v) is 13.9.